The lowest BCUT2D eigenvalue weighted by molar-refractivity contribution is -0.140. The fourth-order valence-electron chi connectivity index (χ4n) is 5.02. The maximum atomic E-state index is 13.1. The zero-order valence-corrected chi connectivity index (χ0v) is 16.3. The number of hydrogen-bond acceptors (Lipinski definition) is 3. The molecule has 1 atom stereocenters. The predicted octanol–water partition coefficient (Wildman–Crippen LogP) is 1.93. The Bertz CT molecular complexity index is 569. The van der Waals surface area contributed by atoms with Crippen molar-refractivity contribution in [2.45, 2.75) is 70.3 Å². The summed E-state index contributed by atoms with van der Waals surface area (Å²) in [5.41, 5.74) is 0. The second kappa shape index (κ2) is 8.19. The molecular weight excluding hydrogens is 342 g/mol. The summed E-state index contributed by atoms with van der Waals surface area (Å²) in [4.78, 5) is 42.1. The number of carbonyl (C=O) groups excluding carboxylic acids is 3. The Kier molecular flexibility index (Phi) is 5.69. The Morgan fingerprint density at radius 2 is 1.33 bits per heavy atom. The molecule has 6 nitrogen and oxygen atoms in total. The first-order chi connectivity index (χ1) is 13.1. The Morgan fingerprint density at radius 3 is 1.93 bits per heavy atom. The lowest BCUT2D eigenvalue weighted by atomic mass is 9.87. The number of nitrogens with one attached hydrogen (secondary N) is 1. The Hall–Kier alpha value is -1.59. The van der Waals surface area contributed by atoms with E-state index < -0.39 is 6.04 Å². The molecule has 0 radical (unpaired) electrons. The largest absolute Gasteiger partial charge is 0.344 e. The minimum Gasteiger partial charge on any atom is -0.344 e. The first kappa shape index (κ1) is 18.8. The van der Waals surface area contributed by atoms with Crippen molar-refractivity contribution in [3.63, 3.8) is 0 Å². The molecule has 6 heteroatoms. The maximum absolute atomic E-state index is 13.1. The molecule has 0 aromatic rings. The number of rotatable bonds is 5. The molecule has 4 fully saturated rings. The highest BCUT2D eigenvalue weighted by atomic mass is 16.2. The second-order valence-electron chi connectivity index (χ2n) is 8.94. The van der Waals surface area contributed by atoms with Crippen molar-refractivity contribution >= 4 is 17.7 Å². The van der Waals surface area contributed by atoms with Crippen LogP contribution in [0.1, 0.15) is 64.2 Å². The van der Waals surface area contributed by atoms with Gasteiger partial charge >= 0.3 is 0 Å². The molecular formula is C21H33N3O3. The van der Waals surface area contributed by atoms with Crippen molar-refractivity contribution < 1.29 is 14.4 Å². The smallest absolute Gasteiger partial charge is 0.245 e. The minimum atomic E-state index is -0.403. The first-order valence-electron chi connectivity index (χ1n) is 11.0. The molecule has 150 valence electrons. The van der Waals surface area contributed by atoms with Crippen molar-refractivity contribution in [1.82, 2.24) is 15.1 Å². The molecule has 1 N–H and O–H groups in total. The van der Waals surface area contributed by atoms with Crippen molar-refractivity contribution in [2.24, 2.45) is 17.8 Å². The van der Waals surface area contributed by atoms with Crippen LogP contribution in [-0.4, -0.2) is 59.7 Å². The van der Waals surface area contributed by atoms with Gasteiger partial charge in [0, 0.05) is 38.0 Å². The summed E-state index contributed by atoms with van der Waals surface area (Å²) in [6, 6.07) is -0.403. The van der Waals surface area contributed by atoms with Crippen LogP contribution in [-0.2, 0) is 14.4 Å². The number of piperidine rings is 1. The number of nitrogens with zero attached hydrogens (tertiary/aromatic N) is 2. The van der Waals surface area contributed by atoms with Gasteiger partial charge in [-0.2, -0.15) is 0 Å². The molecule has 2 saturated carbocycles. The monoisotopic (exact) mass is 375 g/mol. The molecule has 0 bridgehead atoms. The average Bonchev–Trinajstić information content (AvgIpc) is 3.17. The maximum Gasteiger partial charge on any atom is 0.245 e. The van der Waals surface area contributed by atoms with E-state index in [1.54, 1.807) is 0 Å². The topological polar surface area (TPSA) is 69.7 Å². The lowest BCUT2D eigenvalue weighted by Gasteiger charge is -2.38. The van der Waals surface area contributed by atoms with Crippen molar-refractivity contribution in [3.05, 3.63) is 0 Å². The van der Waals surface area contributed by atoms with Gasteiger partial charge in [-0.05, 0) is 57.3 Å². The second-order valence-corrected chi connectivity index (χ2v) is 8.94. The van der Waals surface area contributed by atoms with Gasteiger partial charge < -0.3 is 15.1 Å². The van der Waals surface area contributed by atoms with Gasteiger partial charge in [0.05, 0.1) is 0 Å². The van der Waals surface area contributed by atoms with Crippen LogP contribution in [0.3, 0.4) is 0 Å². The van der Waals surface area contributed by atoms with Gasteiger partial charge in [-0.3, -0.25) is 14.4 Å². The van der Waals surface area contributed by atoms with Gasteiger partial charge in [0.2, 0.25) is 17.7 Å². The molecule has 2 heterocycles. The first-order valence-corrected chi connectivity index (χ1v) is 11.0. The molecule has 0 spiro atoms. The molecule has 4 aliphatic rings. The zero-order chi connectivity index (χ0) is 18.8. The van der Waals surface area contributed by atoms with E-state index in [0.717, 1.165) is 77.5 Å². The molecule has 2 aliphatic carbocycles. The summed E-state index contributed by atoms with van der Waals surface area (Å²) in [5.74, 6) is 0.948. The number of hydrogen-bond donors (Lipinski definition) is 1. The molecule has 1 unspecified atom stereocenters. The highest BCUT2D eigenvalue weighted by Gasteiger charge is 2.40. The van der Waals surface area contributed by atoms with Gasteiger partial charge in [0.25, 0.3) is 0 Å². The Balaban J connectivity index is 1.37. The van der Waals surface area contributed by atoms with Crippen LogP contribution in [0.15, 0.2) is 0 Å². The normalized spacial score (nSPS) is 25.6. The molecule has 0 aromatic carbocycles. The van der Waals surface area contributed by atoms with Gasteiger partial charge in [-0.25, -0.2) is 0 Å². The average molecular weight is 376 g/mol. The summed E-state index contributed by atoms with van der Waals surface area (Å²) in [6.07, 6.45) is 10.1. The molecule has 0 aromatic heterocycles. The van der Waals surface area contributed by atoms with Gasteiger partial charge in [0.15, 0.2) is 0 Å². The van der Waals surface area contributed by atoms with Crippen molar-refractivity contribution in [3.8, 4) is 0 Å². The van der Waals surface area contributed by atoms with E-state index in [4.69, 9.17) is 0 Å². The summed E-state index contributed by atoms with van der Waals surface area (Å²) >= 11 is 0. The Morgan fingerprint density at radius 1 is 0.704 bits per heavy atom. The highest BCUT2D eigenvalue weighted by Crippen LogP contribution is 2.32. The number of likely N-dealkylation sites (tertiary alicyclic amines) is 2. The third-order valence-corrected chi connectivity index (χ3v) is 6.96. The molecule has 2 aliphatic heterocycles. The lowest BCUT2D eigenvalue weighted by Crippen LogP contribution is -2.54. The van der Waals surface area contributed by atoms with E-state index >= 15 is 0 Å². The standard InChI is InChI=1S/C21H33N3O3/c25-19(16-7-8-16)22-18(21(27)23-11-3-4-12-23)15-9-13-24(14-10-15)20(26)17-5-1-2-6-17/h15-18H,1-14H2,(H,22,25). The van der Waals surface area contributed by atoms with Crippen LogP contribution in [0.2, 0.25) is 0 Å². The van der Waals surface area contributed by atoms with Crippen molar-refractivity contribution in [1.29, 1.82) is 0 Å². The van der Waals surface area contributed by atoms with Crippen LogP contribution < -0.4 is 5.32 Å². The summed E-state index contributed by atoms with van der Waals surface area (Å²) in [6.45, 7) is 3.08. The fourth-order valence-corrected chi connectivity index (χ4v) is 5.02. The third kappa shape index (κ3) is 4.30. The molecule has 4 rings (SSSR count). The van der Waals surface area contributed by atoms with E-state index in [-0.39, 0.29) is 29.6 Å². The quantitative estimate of drug-likeness (QED) is 0.798. The molecule has 3 amide bonds. The number of amides is 3. The van der Waals surface area contributed by atoms with Crippen LogP contribution in [0, 0.1) is 17.8 Å². The summed E-state index contributed by atoms with van der Waals surface area (Å²) < 4.78 is 0. The van der Waals surface area contributed by atoms with E-state index in [9.17, 15) is 14.4 Å². The van der Waals surface area contributed by atoms with Gasteiger partial charge in [0.1, 0.15) is 6.04 Å². The summed E-state index contributed by atoms with van der Waals surface area (Å²) in [7, 11) is 0. The Labute approximate surface area is 162 Å². The van der Waals surface area contributed by atoms with E-state index in [2.05, 4.69) is 5.32 Å². The zero-order valence-electron chi connectivity index (χ0n) is 16.3. The molecule has 27 heavy (non-hydrogen) atoms. The third-order valence-electron chi connectivity index (χ3n) is 6.96. The van der Waals surface area contributed by atoms with Crippen LogP contribution >= 0.6 is 0 Å². The predicted molar refractivity (Wildman–Crippen MR) is 102 cm³/mol. The summed E-state index contributed by atoms with van der Waals surface area (Å²) in [5, 5.41) is 3.09. The van der Waals surface area contributed by atoms with E-state index in [0.29, 0.717) is 5.91 Å². The number of carbonyl (C=O) groups is 3. The fraction of sp³-hybridized carbons (Fsp3) is 0.857. The van der Waals surface area contributed by atoms with E-state index in [1.165, 1.54) is 12.8 Å². The SMILES string of the molecule is O=C(NC(C(=O)N1CCCC1)C1CCN(C(=O)C2CCCC2)CC1)C1CC1. The van der Waals surface area contributed by atoms with Gasteiger partial charge in [-0.15, -0.1) is 0 Å². The van der Waals surface area contributed by atoms with Crippen molar-refractivity contribution in [2.75, 3.05) is 26.2 Å². The van der Waals surface area contributed by atoms with E-state index in [1.807, 2.05) is 9.80 Å². The van der Waals surface area contributed by atoms with Gasteiger partial charge in [-0.1, -0.05) is 12.8 Å². The van der Waals surface area contributed by atoms with Crippen LogP contribution in [0.4, 0.5) is 0 Å². The molecule has 2 saturated heterocycles. The minimum absolute atomic E-state index is 0.0528. The highest BCUT2D eigenvalue weighted by molar-refractivity contribution is 5.89. The van der Waals surface area contributed by atoms with Crippen LogP contribution in [0.5, 0.6) is 0 Å². The van der Waals surface area contributed by atoms with Crippen LogP contribution in [0.25, 0.3) is 0 Å².